The summed E-state index contributed by atoms with van der Waals surface area (Å²) in [5.74, 6) is 0.784. The molecule has 6 nitrogen and oxygen atoms in total. The SMILES string of the molecule is CCC(NC(=O)N1CCCC1C1CCCO1)c1c(C)noc1C. The van der Waals surface area contributed by atoms with Crippen LogP contribution in [0, 0.1) is 13.8 Å². The van der Waals surface area contributed by atoms with Crippen molar-refractivity contribution in [3.63, 3.8) is 0 Å². The van der Waals surface area contributed by atoms with Gasteiger partial charge in [0.15, 0.2) is 0 Å². The highest BCUT2D eigenvalue weighted by Crippen LogP contribution is 2.29. The highest BCUT2D eigenvalue weighted by atomic mass is 16.5. The molecule has 3 rings (SSSR count). The first-order valence-electron chi connectivity index (χ1n) is 8.73. The molecule has 2 aliphatic rings. The topological polar surface area (TPSA) is 67.6 Å². The van der Waals surface area contributed by atoms with Crippen molar-refractivity contribution in [3.05, 3.63) is 17.0 Å². The Morgan fingerprint density at radius 3 is 2.83 bits per heavy atom. The maximum Gasteiger partial charge on any atom is 0.318 e. The van der Waals surface area contributed by atoms with Gasteiger partial charge in [-0.3, -0.25) is 0 Å². The van der Waals surface area contributed by atoms with Crippen LogP contribution in [0.4, 0.5) is 4.79 Å². The molecule has 0 radical (unpaired) electrons. The maximum absolute atomic E-state index is 12.8. The average Bonchev–Trinajstić information content (AvgIpc) is 3.25. The molecule has 2 saturated heterocycles. The lowest BCUT2D eigenvalue weighted by atomic mass is 10.0. The maximum atomic E-state index is 12.8. The molecular formula is C17H27N3O3. The van der Waals surface area contributed by atoms with Crippen molar-refractivity contribution in [1.82, 2.24) is 15.4 Å². The lowest BCUT2D eigenvalue weighted by Crippen LogP contribution is -2.48. The Bertz CT molecular complexity index is 532. The first-order valence-corrected chi connectivity index (χ1v) is 8.73. The fourth-order valence-electron chi connectivity index (χ4n) is 3.94. The molecule has 2 fully saturated rings. The molecule has 0 bridgehead atoms. The Morgan fingerprint density at radius 2 is 2.22 bits per heavy atom. The quantitative estimate of drug-likeness (QED) is 0.925. The molecule has 2 amide bonds. The van der Waals surface area contributed by atoms with Crippen molar-refractivity contribution in [2.45, 2.75) is 71.1 Å². The fraction of sp³-hybridized carbons (Fsp3) is 0.765. The summed E-state index contributed by atoms with van der Waals surface area (Å²) >= 11 is 0. The van der Waals surface area contributed by atoms with Gasteiger partial charge in [-0.05, 0) is 46.0 Å². The minimum Gasteiger partial charge on any atom is -0.376 e. The van der Waals surface area contributed by atoms with Crippen LogP contribution >= 0.6 is 0 Å². The van der Waals surface area contributed by atoms with Gasteiger partial charge in [0, 0.05) is 18.7 Å². The number of aromatic nitrogens is 1. The third-order valence-electron chi connectivity index (χ3n) is 5.10. The molecule has 128 valence electrons. The molecular weight excluding hydrogens is 294 g/mol. The van der Waals surface area contributed by atoms with E-state index in [0.29, 0.717) is 0 Å². The van der Waals surface area contributed by atoms with Crippen LogP contribution < -0.4 is 5.32 Å². The summed E-state index contributed by atoms with van der Waals surface area (Å²) in [6.45, 7) is 7.53. The van der Waals surface area contributed by atoms with E-state index in [-0.39, 0.29) is 24.2 Å². The van der Waals surface area contributed by atoms with Gasteiger partial charge in [-0.15, -0.1) is 0 Å². The molecule has 0 aromatic carbocycles. The molecule has 23 heavy (non-hydrogen) atoms. The minimum atomic E-state index is -0.0560. The van der Waals surface area contributed by atoms with Crippen LogP contribution in [0.3, 0.4) is 0 Å². The van der Waals surface area contributed by atoms with Crippen molar-refractivity contribution in [1.29, 1.82) is 0 Å². The van der Waals surface area contributed by atoms with E-state index in [9.17, 15) is 4.79 Å². The number of nitrogens with one attached hydrogen (secondary N) is 1. The van der Waals surface area contributed by atoms with Crippen LogP contribution in [0.5, 0.6) is 0 Å². The third kappa shape index (κ3) is 3.22. The highest BCUT2D eigenvalue weighted by Gasteiger charge is 2.37. The largest absolute Gasteiger partial charge is 0.376 e. The molecule has 3 heterocycles. The van der Waals surface area contributed by atoms with E-state index in [1.807, 2.05) is 18.7 Å². The number of aryl methyl sites for hydroxylation is 2. The zero-order chi connectivity index (χ0) is 16.4. The van der Waals surface area contributed by atoms with Crippen molar-refractivity contribution in [3.8, 4) is 0 Å². The van der Waals surface area contributed by atoms with Gasteiger partial charge >= 0.3 is 6.03 Å². The molecule has 3 atom stereocenters. The second kappa shape index (κ2) is 6.91. The number of carbonyl (C=O) groups excluding carboxylic acids is 1. The summed E-state index contributed by atoms with van der Waals surface area (Å²) in [6.07, 6.45) is 5.29. The molecule has 1 aromatic heterocycles. The van der Waals surface area contributed by atoms with E-state index in [4.69, 9.17) is 9.26 Å². The van der Waals surface area contributed by atoms with Crippen LogP contribution in [-0.4, -0.2) is 41.4 Å². The van der Waals surface area contributed by atoms with E-state index < -0.39 is 0 Å². The van der Waals surface area contributed by atoms with Crippen LogP contribution in [0.15, 0.2) is 4.52 Å². The zero-order valence-electron chi connectivity index (χ0n) is 14.3. The molecule has 1 N–H and O–H groups in total. The number of nitrogens with zero attached hydrogens (tertiary/aromatic N) is 2. The predicted octanol–water partition coefficient (Wildman–Crippen LogP) is 3.10. The second-order valence-electron chi connectivity index (χ2n) is 6.60. The molecule has 3 unspecified atom stereocenters. The highest BCUT2D eigenvalue weighted by molar-refractivity contribution is 5.75. The summed E-state index contributed by atoms with van der Waals surface area (Å²) in [6, 6.07) is 0.175. The van der Waals surface area contributed by atoms with Gasteiger partial charge in [0.25, 0.3) is 0 Å². The molecule has 6 heteroatoms. The van der Waals surface area contributed by atoms with Gasteiger partial charge in [-0.1, -0.05) is 12.1 Å². The summed E-state index contributed by atoms with van der Waals surface area (Å²) in [4.78, 5) is 14.8. The van der Waals surface area contributed by atoms with Crippen LogP contribution in [0.1, 0.15) is 62.1 Å². The van der Waals surface area contributed by atoms with Gasteiger partial charge in [0.05, 0.1) is 23.9 Å². The number of amides is 2. The van der Waals surface area contributed by atoms with E-state index in [1.54, 1.807) is 0 Å². The molecule has 1 aromatic rings. The van der Waals surface area contributed by atoms with Crippen molar-refractivity contribution in [2.75, 3.05) is 13.2 Å². The summed E-state index contributed by atoms with van der Waals surface area (Å²) < 4.78 is 11.1. The van der Waals surface area contributed by atoms with E-state index in [0.717, 1.165) is 62.3 Å². The number of hydrogen-bond acceptors (Lipinski definition) is 4. The fourth-order valence-corrected chi connectivity index (χ4v) is 3.94. The zero-order valence-corrected chi connectivity index (χ0v) is 14.3. The van der Waals surface area contributed by atoms with Gasteiger partial charge in [0.2, 0.25) is 0 Å². The van der Waals surface area contributed by atoms with Gasteiger partial charge in [0.1, 0.15) is 5.76 Å². The molecule has 2 aliphatic heterocycles. The predicted molar refractivity (Wildman–Crippen MR) is 86.2 cm³/mol. The Labute approximate surface area is 137 Å². The Kier molecular flexibility index (Phi) is 4.90. The Morgan fingerprint density at radius 1 is 1.39 bits per heavy atom. The van der Waals surface area contributed by atoms with E-state index in [1.165, 1.54) is 0 Å². The van der Waals surface area contributed by atoms with Crippen LogP contribution in [0.25, 0.3) is 0 Å². The summed E-state index contributed by atoms with van der Waals surface area (Å²) in [7, 11) is 0. The number of rotatable bonds is 4. The van der Waals surface area contributed by atoms with Gasteiger partial charge in [-0.25, -0.2) is 4.79 Å². The summed E-state index contributed by atoms with van der Waals surface area (Å²) in [5, 5.41) is 7.19. The molecule has 0 saturated carbocycles. The standard InChI is InChI=1S/C17H27N3O3/c1-4-13(16-11(2)19-23-12(16)3)18-17(21)20-9-5-7-14(20)15-8-6-10-22-15/h13-15H,4-10H2,1-3H3,(H,18,21). The smallest absolute Gasteiger partial charge is 0.318 e. The lowest BCUT2D eigenvalue weighted by molar-refractivity contribution is 0.0516. The molecule has 0 aliphatic carbocycles. The number of urea groups is 1. The Hall–Kier alpha value is -1.56. The number of likely N-dealkylation sites (tertiary alicyclic amines) is 1. The third-order valence-corrected chi connectivity index (χ3v) is 5.10. The van der Waals surface area contributed by atoms with Crippen molar-refractivity contribution < 1.29 is 14.1 Å². The summed E-state index contributed by atoms with van der Waals surface area (Å²) in [5.41, 5.74) is 1.86. The van der Waals surface area contributed by atoms with Crippen molar-refractivity contribution >= 4 is 6.03 Å². The minimum absolute atomic E-state index is 0.00912. The van der Waals surface area contributed by atoms with Crippen LogP contribution in [0.2, 0.25) is 0 Å². The molecule has 0 spiro atoms. The first-order chi connectivity index (χ1) is 11.1. The lowest BCUT2D eigenvalue weighted by Gasteiger charge is -2.30. The number of ether oxygens (including phenoxy) is 1. The Balaban J connectivity index is 1.69. The number of carbonyl (C=O) groups is 1. The van der Waals surface area contributed by atoms with E-state index >= 15 is 0 Å². The van der Waals surface area contributed by atoms with Crippen molar-refractivity contribution in [2.24, 2.45) is 0 Å². The normalized spacial score (nSPS) is 25.8. The van der Waals surface area contributed by atoms with Gasteiger partial charge in [-0.2, -0.15) is 0 Å². The van der Waals surface area contributed by atoms with Gasteiger partial charge < -0.3 is 19.5 Å². The first kappa shape index (κ1) is 16.3. The van der Waals surface area contributed by atoms with E-state index in [2.05, 4.69) is 17.4 Å². The number of hydrogen-bond donors (Lipinski definition) is 1. The second-order valence-corrected chi connectivity index (χ2v) is 6.60. The monoisotopic (exact) mass is 321 g/mol. The van der Waals surface area contributed by atoms with Crippen LogP contribution in [-0.2, 0) is 4.74 Å². The average molecular weight is 321 g/mol.